The highest BCUT2D eigenvalue weighted by Gasteiger charge is 2.03. The predicted octanol–water partition coefficient (Wildman–Crippen LogP) is 0.856. The molecule has 7 heteroatoms. The lowest BCUT2D eigenvalue weighted by atomic mass is 10.1. The van der Waals surface area contributed by atoms with Crippen molar-refractivity contribution >= 4 is 28.4 Å². The van der Waals surface area contributed by atoms with Gasteiger partial charge in [-0.3, -0.25) is 0 Å². The Bertz CT molecular complexity index is 455. The summed E-state index contributed by atoms with van der Waals surface area (Å²) in [4.78, 5) is 10.5. The lowest BCUT2D eigenvalue weighted by molar-refractivity contribution is 0.0697. The maximum Gasteiger partial charge on any atom is 0.335 e. The Labute approximate surface area is 99.9 Å². The predicted molar refractivity (Wildman–Crippen MR) is 62.3 cm³/mol. The van der Waals surface area contributed by atoms with Gasteiger partial charge in [-0.2, -0.15) is 0 Å². The summed E-state index contributed by atoms with van der Waals surface area (Å²) in [6.07, 6.45) is 1.07. The zero-order valence-corrected chi connectivity index (χ0v) is 10.1. The van der Waals surface area contributed by atoms with Crippen molar-refractivity contribution in [1.82, 2.24) is 4.72 Å². The van der Waals surface area contributed by atoms with Crippen LogP contribution in [0.5, 0.6) is 0 Å². The van der Waals surface area contributed by atoms with Crippen LogP contribution in [0.2, 0.25) is 0 Å². The molecule has 0 atom stereocenters. The van der Waals surface area contributed by atoms with Gasteiger partial charge in [0.1, 0.15) is 0 Å². The molecule has 0 fully saturated rings. The van der Waals surface area contributed by atoms with Crippen molar-refractivity contribution < 1.29 is 18.3 Å². The quantitative estimate of drug-likeness (QED) is 0.846. The van der Waals surface area contributed by atoms with Crippen LogP contribution in [0.15, 0.2) is 24.3 Å². The maximum atomic E-state index is 10.8. The van der Waals surface area contributed by atoms with Crippen molar-refractivity contribution in [2.45, 2.75) is 6.54 Å². The summed E-state index contributed by atoms with van der Waals surface area (Å²) in [6, 6.07) is 6.01. The molecule has 0 aromatic heterocycles. The van der Waals surface area contributed by atoms with Gasteiger partial charge >= 0.3 is 5.97 Å². The Hall–Kier alpha value is -1.11. The van der Waals surface area contributed by atoms with Crippen LogP contribution in [0, 0.1) is 0 Å². The molecule has 2 N–H and O–H groups in total. The van der Waals surface area contributed by atoms with Gasteiger partial charge in [0.05, 0.1) is 11.8 Å². The average Bonchev–Trinajstić information content (AvgIpc) is 2.14. The van der Waals surface area contributed by atoms with Crippen molar-refractivity contribution in [2.24, 2.45) is 0 Å². The zero-order valence-electron chi connectivity index (χ0n) is 8.50. The summed E-state index contributed by atoms with van der Waals surface area (Å²) in [7, 11) is -3.22. The molecule has 90 valence electrons. The van der Waals surface area contributed by atoms with E-state index in [1.165, 1.54) is 12.1 Å². The van der Waals surface area contributed by atoms with E-state index in [0.717, 1.165) is 6.26 Å². The second-order valence-corrected chi connectivity index (χ2v) is 4.93. The number of rotatable bonds is 4. The highest BCUT2D eigenvalue weighted by Crippen LogP contribution is 2.04. The maximum absolute atomic E-state index is 10.8. The van der Waals surface area contributed by atoms with E-state index in [1.807, 2.05) is 0 Å². The number of hydrogen-bond donors (Lipinski definition) is 2. The van der Waals surface area contributed by atoms with E-state index in [-0.39, 0.29) is 24.5 Å². The molecule has 1 rings (SSSR count). The molecule has 0 aliphatic heterocycles. The van der Waals surface area contributed by atoms with E-state index in [2.05, 4.69) is 4.72 Å². The number of carboxylic acid groups (broad SMARTS) is 1. The lowest BCUT2D eigenvalue weighted by Gasteiger charge is -2.02. The topological polar surface area (TPSA) is 83.5 Å². The molecule has 0 bridgehead atoms. The molecule has 0 heterocycles. The lowest BCUT2D eigenvalue weighted by Crippen LogP contribution is -2.21. The molecule has 1 aromatic rings. The van der Waals surface area contributed by atoms with Crippen LogP contribution in [-0.2, 0) is 16.6 Å². The highest BCUT2D eigenvalue weighted by atomic mass is 35.5. The van der Waals surface area contributed by atoms with Crippen LogP contribution in [0.3, 0.4) is 0 Å². The van der Waals surface area contributed by atoms with Gasteiger partial charge in [-0.1, -0.05) is 12.1 Å². The normalized spacial score (nSPS) is 10.6. The molecular formula is C9H12ClNO4S. The summed E-state index contributed by atoms with van der Waals surface area (Å²) in [5.41, 5.74) is 0.892. The van der Waals surface area contributed by atoms with Gasteiger partial charge in [0.2, 0.25) is 10.0 Å². The van der Waals surface area contributed by atoms with Gasteiger partial charge in [0, 0.05) is 6.54 Å². The number of hydrogen-bond acceptors (Lipinski definition) is 3. The second kappa shape index (κ2) is 5.83. The summed E-state index contributed by atoms with van der Waals surface area (Å²) < 4.78 is 23.9. The van der Waals surface area contributed by atoms with E-state index in [1.54, 1.807) is 12.1 Å². The molecule has 0 aliphatic rings. The SMILES string of the molecule is CS(=O)(=O)NCc1ccc(C(=O)O)cc1.Cl. The number of benzene rings is 1. The van der Waals surface area contributed by atoms with Crippen molar-refractivity contribution in [3.8, 4) is 0 Å². The summed E-state index contributed by atoms with van der Waals surface area (Å²) >= 11 is 0. The Morgan fingerprint density at radius 3 is 2.19 bits per heavy atom. The highest BCUT2D eigenvalue weighted by molar-refractivity contribution is 7.88. The minimum atomic E-state index is -3.22. The first-order valence-electron chi connectivity index (χ1n) is 4.15. The first-order valence-corrected chi connectivity index (χ1v) is 6.04. The fourth-order valence-corrected chi connectivity index (χ4v) is 1.41. The van der Waals surface area contributed by atoms with Crippen LogP contribution in [0.25, 0.3) is 0 Å². The molecule has 0 amide bonds. The fourth-order valence-electron chi connectivity index (χ4n) is 0.980. The smallest absolute Gasteiger partial charge is 0.335 e. The average molecular weight is 266 g/mol. The number of carboxylic acids is 1. The largest absolute Gasteiger partial charge is 0.478 e. The van der Waals surface area contributed by atoms with Gasteiger partial charge < -0.3 is 5.11 Å². The molecule has 1 aromatic carbocycles. The van der Waals surface area contributed by atoms with Crippen LogP contribution < -0.4 is 4.72 Å². The summed E-state index contributed by atoms with van der Waals surface area (Å²) in [6.45, 7) is 0.165. The minimum Gasteiger partial charge on any atom is -0.478 e. The van der Waals surface area contributed by atoms with E-state index in [0.29, 0.717) is 5.56 Å². The standard InChI is InChI=1S/C9H11NO4S.ClH/c1-15(13,14)10-6-7-2-4-8(5-3-7)9(11)12;/h2-5,10H,6H2,1H3,(H,11,12);1H. The number of carbonyl (C=O) groups is 1. The number of halogens is 1. The van der Waals surface area contributed by atoms with Gasteiger partial charge in [0.25, 0.3) is 0 Å². The number of nitrogens with one attached hydrogen (secondary N) is 1. The van der Waals surface area contributed by atoms with Crippen LogP contribution >= 0.6 is 12.4 Å². The van der Waals surface area contributed by atoms with E-state index < -0.39 is 16.0 Å². The molecule has 0 unspecified atom stereocenters. The fraction of sp³-hybridized carbons (Fsp3) is 0.222. The molecular weight excluding hydrogens is 254 g/mol. The van der Waals surface area contributed by atoms with Gasteiger partial charge in [0.15, 0.2) is 0 Å². The van der Waals surface area contributed by atoms with Crippen molar-refractivity contribution in [1.29, 1.82) is 0 Å². The Morgan fingerprint density at radius 2 is 1.81 bits per heavy atom. The molecule has 0 radical (unpaired) electrons. The molecule has 0 saturated carbocycles. The summed E-state index contributed by atoms with van der Waals surface area (Å²) in [5.74, 6) is -1.00. The third kappa shape index (κ3) is 5.11. The Balaban J connectivity index is 0.00000225. The van der Waals surface area contributed by atoms with Crippen molar-refractivity contribution in [2.75, 3.05) is 6.26 Å². The number of aromatic carboxylic acids is 1. The number of sulfonamides is 1. The van der Waals surface area contributed by atoms with Crippen LogP contribution in [-0.4, -0.2) is 25.7 Å². The minimum absolute atomic E-state index is 0. The molecule has 0 spiro atoms. The third-order valence-electron chi connectivity index (χ3n) is 1.74. The van der Waals surface area contributed by atoms with Gasteiger partial charge in [-0.15, -0.1) is 12.4 Å². The van der Waals surface area contributed by atoms with E-state index in [9.17, 15) is 13.2 Å². The first kappa shape index (κ1) is 14.9. The molecule has 16 heavy (non-hydrogen) atoms. The zero-order chi connectivity index (χ0) is 11.5. The van der Waals surface area contributed by atoms with Crippen molar-refractivity contribution in [3.63, 3.8) is 0 Å². The Kier molecular flexibility index (Phi) is 5.43. The third-order valence-corrected chi connectivity index (χ3v) is 2.41. The van der Waals surface area contributed by atoms with Gasteiger partial charge in [-0.05, 0) is 17.7 Å². The molecule has 0 saturated heterocycles. The van der Waals surface area contributed by atoms with Crippen molar-refractivity contribution in [3.05, 3.63) is 35.4 Å². The van der Waals surface area contributed by atoms with Gasteiger partial charge in [-0.25, -0.2) is 17.9 Å². The second-order valence-electron chi connectivity index (χ2n) is 3.10. The Morgan fingerprint density at radius 1 is 1.31 bits per heavy atom. The monoisotopic (exact) mass is 265 g/mol. The first-order chi connectivity index (χ1) is 6.88. The summed E-state index contributed by atoms with van der Waals surface area (Å²) in [5, 5.41) is 8.62. The van der Waals surface area contributed by atoms with E-state index in [4.69, 9.17) is 5.11 Å². The van der Waals surface area contributed by atoms with Crippen LogP contribution in [0.1, 0.15) is 15.9 Å². The van der Waals surface area contributed by atoms with Crippen LogP contribution in [0.4, 0.5) is 0 Å². The molecule has 0 aliphatic carbocycles. The van der Waals surface area contributed by atoms with E-state index >= 15 is 0 Å². The molecule has 5 nitrogen and oxygen atoms in total.